The Morgan fingerprint density at radius 2 is 2.19 bits per heavy atom. The molecule has 9 heteroatoms. The molecule has 0 aliphatic carbocycles. The number of anilines is 2. The molecular formula is C17H22N6O3. The van der Waals surface area contributed by atoms with E-state index in [2.05, 4.69) is 30.7 Å². The van der Waals surface area contributed by atoms with E-state index in [1.165, 1.54) is 7.11 Å². The maximum absolute atomic E-state index is 12.2. The van der Waals surface area contributed by atoms with Crippen molar-refractivity contribution in [2.24, 2.45) is 0 Å². The average Bonchev–Trinajstić information content (AvgIpc) is 2.72. The van der Waals surface area contributed by atoms with E-state index >= 15 is 0 Å². The van der Waals surface area contributed by atoms with Crippen LogP contribution in [-0.2, 0) is 4.74 Å². The standard InChI is InChI=1S/C17H22N6O3/c1-25-17-14(3-2-4-20-17)16(24)19-6-5-18-15-11-13(12-21-22-15)23-7-9-26-10-8-23/h2-4,11-12H,5-10H2,1H3,(H,18,22)(H,19,24). The molecule has 138 valence electrons. The lowest BCUT2D eigenvalue weighted by Gasteiger charge is -2.28. The van der Waals surface area contributed by atoms with E-state index in [1.54, 1.807) is 24.5 Å². The van der Waals surface area contributed by atoms with Gasteiger partial charge in [-0.25, -0.2) is 4.98 Å². The third kappa shape index (κ3) is 4.57. The van der Waals surface area contributed by atoms with E-state index in [4.69, 9.17) is 9.47 Å². The summed E-state index contributed by atoms with van der Waals surface area (Å²) in [6.45, 7) is 4.07. The van der Waals surface area contributed by atoms with Crippen LogP contribution in [-0.4, -0.2) is 67.6 Å². The number of hydrogen-bond acceptors (Lipinski definition) is 8. The minimum Gasteiger partial charge on any atom is -0.480 e. The summed E-state index contributed by atoms with van der Waals surface area (Å²) in [5, 5.41) is 14.1. The van der Waals surface area contributed by atoms with Crippen LogP contribution in [0.1, 0.15) is 10.4 Å². The van der Waals surface area contributed by atoms with Crippen LogP contribution in [0.15, 0.2) is 30.6 Å². The molecule has 9 nitrogen and oxygen atoms in total. The molecule has 0 unspecified atom stereocenters. The van der Waals surface area contributed by atoms with Gasteiger partial charge in [0.2, 0.25) is 5.88 Å². The average molecular weight is 358 g/mol. The second-order valence-electron chi connectivity index (χ2n) is 5.64. The lowest BCUT2D eigenvalue weighted by molar-refractivity contribution is 0.0951. The van der Waals surface area contributed by atoms with E-state index in [0.29, 0.717) is 30.4 Å². The smallest absolute Gasteiger partial charge is 0.256 e. The summed E-state index contributed by atoms with van der Waals surface area (Å²) in [6, 6.07) is 5.32. The topological polar surface area (TPSA) is 102 Å². The number of rotatable bonds is 7. The zero-order chi connectivity index (χ0) is 18.2. The number of pyridine rings is 1. The molecule has 2 N–H and O–H groups in total. The van der Waals surface area contributed by atoms with Gasteiger partial charge >= 0.3 is 0 Å². The van der Waals surface area contributed by atoms with Gasteiger partial charge in [0.25, 0.3) is 5.91 Å². The van der Waals surface area contributed by atoms with Crippen LogP contribution < -0.4 is 20.3 Å². The lowest BCUT2D eigenvalue weighted by atomic mass is 10.2. The second-order valence-corrected chi connectivity index (χ2v) is 5.64. The van der Waals surface area contributed by atoms with Gasteiger partial charge in [0.05, 0.1) is 32.2 Å². The number of morpholine rings is 1. The van der Waals surface area contributed by atoms with Gasteiger partial charge < -0.3 is 25.0 Å². The molecule has 2 aromatic heterocycles. The minimum absolute atomic E-state index is 0.232. The predicted molar refractivity (Wildman–Crippen MR) is 96.7 cm³/mol. The van der Waals surface area contributed by atoms with Crippen LogP contribution in [0.5, 0.6) is 5.88 Å². The van der Waals surface area contributed by atoms with Crippen LogP contribution in [0.4, 0.5) is 11.5 Å². The molecule has 0 radical (unpaired) electrons. The Kier molecular flexibility index (Phi) is 6.15. The normalized spacial score (nSPS) is 14.0. The zero-order valence-corrected chi connectivity index (χ0v) is 14.6. The summed E-state index contributed by atoms with van der Waals surface area (Å²) in [4.78, 5) is 18.4. The molecule has 0 atom stereocenters. The summed E-state index contributed by atoms with van der Waals surface area (Å²) >= 11 is 0. The third-order valence-electron chi connectivity index (χ3n) is 3.94. The Morgan fingerprint density at radius 3 is 3.00 bits per heavy atom. The first-order chi connectivity index (χ1) is 12.8. The fourth-order valence-corrected chi connectivity index (χ4v) is 2.63. The highest BCUT2D eigenvalue weighted by Gasteiger charge is 2.13. The van der Waals surface area contributed by atoms with Gasteiger partial charge in [0.15, 0.2) is 5.82 Å². The van der Waals surface area contributed by atoms with Crippen LogP contribution in [0.3, 0.4) is 0 Å². The van der Waals surface area contributed by atoms with Crippen molar-refractivity contribution in [1.29, 1.82) is 0 Å². The summed E-state index contributed by atoms with van der Waals surface area (Å²) < 4.78 is 10.5. The van der Waals surface area contributed by atoms with E-state index in [9.17, 15) is 4.79 Å². The molecular weight excluding hydrogens is 336 g/mol. The fourth-order valence-electron chi connectivity index (χ4n) is 2.63. The zero-order valence-electron chi connectivity index (χ0n) is 14.6. The first-order valence-corrected chi connectivity index (χ1v) is 8.44. The number of amides is 1. The highest BCUT2D eigenvalue weighted by Crippen LogP contribution is 2.17. The van der Waals surface area contributed by atoms with E-state index in [0.717, 1.165) is 32.0 Å². The molecule has 0 aromatic carbocycles. The van der Waals surface area contributed by atoms with Crippen LogP contribution in [0.25, 0.3) is 0 Å². The van der Waals surface area contributed by atoms with E-state index in [1.807, 2.05) is 6.07 Å². The molecule has 1 aliphatic rings. The van der Waals surface area contributed by atoms with Gasteiger partial charge in [0.1, 0.15) is 5.56 Å². The molecule has 1 amide bonds. The van der Waals surface area contributed by atoms with Crippen molar-refractivity contribution >= 4 is 17.4 Å². The van der Waals surface area contributed by atoms with Gasteiger partial charge in [0, 0.05) is 38.4 Å². The molecule has 3 heterocycles. The number of methoxy groups -OCH3 is 1. The van der Waals surface area contributed by atoms with Crippen molar-refractivity contribution in [3.05, 3.63) is 36.2 Å². The number of ether oxygens (including phenoxy) is 2. The number of hydrogen-bond donors (Lipinski definition) is 2. The summed E-state index contributed by atoms with van der Waals surface area (Å²) in [6.07, 6.45) is 3.32. The molecule has 3 rings (SSSR count). The first kappa shape index (κ1) is 17.9. The van der Waals surface area contributed by atoms with Crippen molar-refractivity contribution in [3.63, 3.8) is 0 Å². The largest absolute Gasteiger partial charge is 0.480 e. The maximum atomic E-state index is 12.2. The fraction of sp³-hybridized carbons (Fsp3) is 0.412. The molecule has 0 saturated carbocycles. The Bertz CT molecular complexity index is 736. The van der Waals surface area contributed by atoms with Crippen molar-refractivity contribution in [2.45, 2.75) is 0 Å². The van der Waals surface area contributed by atoms with E-state index < -0.39 is 0 Å². The van der Waals surface area contributed by atoms with Crippen molar-refractivity contribution in [2.75, 3.05) is 56.7 Å². The SMILES string of the molecule is COc1ncccc1C(=O)NCCNc1cc(N2CCOCC2)cnn1. The number of carbonyl (C=O) groups excluding carboxylic acids is 1. The molecule has 1 aliphatic heterocycles. The predicted octanol–water partition coefficient (Wildman–Crippen LogP) is 0.559. The summed E-state index contributed by atoms with van der Waals surface area (Å²) in [7, 11) is 1.49. The van der Waals surface area contributed by atoms with Gasteiger partial charge in [-0.15, -0.1) is 5.10 Å². The lowest BCUT2D eigenvalue weighted by Crippen LogP contribution is -2.36. The Balaban J connectivity index is 1.48. The van der Waals surface area contributed by atoms with Gasteiger partial charge in [-0.05, 0) is 12.1 Å². The van der Waals surface area contributed by atoms with Crippen LogP contribution in [0, 0.1) is 0 Å². The molecule has 26 heavy (non-hydrogen) atoms. The second kappa shape index (κ2) is 8.95. The molecule has 2 aromatic rings. The third-order valence-corrected chi connectivity index (χ3v) is 3.94. The number of nitrogens with one attached hydrogen (secondary N) is 2. The molecule has 0 spiro atoms. The number of carbonyl (C=O) groups is 1. The summed E-state index contributed by atoms with van der Waals surface area (Å²) in [5.41, 5.74) is 1.42. The minimum atomic E-state index is -0.232. The number of nitrogens with zero attached hydrogens (tertiary/aromatic N) is 4. The summed E-state index contributed by atoms with van der Waals surface area (Å²) in [5.74, 6) is 0.745. The van der Waals surface area contributed by atoms with Gasteiger partial charge in [-0.3, -0.25) is 4.79 Å². The first-order valence-electron chi connectivity index (χ1n) is 8.44. The van der Waals surface area contributed by atoms with Crippen LogP contribution >= 0.6 is 0 Å². The van der Waals surface area contributed by atoms with Gasteiger partial charge in [-0.2, -0.15) is 5.10 Å². The monoisotopic (exact) mass is 358 g/mol. The Hall–Kier alpha value is -2.94. The van der Waals surface area contributed by atoms with E-state index in [-0.39, 0.29) is 5.91 Å². The van der Waals surface area contributed by atoms with Crippen molar-refractivity contribution in [1.82, 2.24) is 20.5 Å². The Morgan fingerprint density at radius 1 is 1.35 bits per heavy atom. The molecule has 1 saturated heterocycles. The quantitative estimate of drug-likeness (QED) is 0.693. The van der Waals surface area contributed by atoms with Crippen LogP contribution in [0.2, 0.25) is 0 Å². The number of aromatic nitrogens is 3. The highest BCUT2D eigenvalue weighted by atomic mass is 16.5. The van der Waals surface area contributed by atoms with Gasteiger partial charge in [-0.1, -0.05) is 0 Å². The molecule has 1 fully saturated rings. The maximum Gasteiger partial charge on any atom is 0.256 e. The Labute approximate surface area is 151 Å². The molecule has 0 bridgehead atoms. The van der Waals surface area contributed by atoms with Crippen molar-refractivity contribution in [3.8, 4) is 5.88 Å². The van der Waals surface area contributed by atoms with Crippen molar-refractivity contribution < 1.29 is 14.3 Å². The highest BCUT2D eigenvalue weighted by molar-refractivity contribution is 5.96.